The molecule has 9 rings (SSSR count). The number of methoxy groups -OCH3 is 2. The summed E-state index contributed by atoms with van der Waals surface area (Å²) in [5.41, 5.74) is 5.58. The third kappa shape index (κ3) is 95.3. The normalized spacial score (nSPS) is 10.3. The molecule has 0 bridgehead atoms. The number of ketones is 2. The van der Waals surface area contributed by atoms with Crippen LogP contribution in [-0.4, -0.2) is 150 Å². The number of aliphatic hydroxyl groups is 1. The predicted molar refractivity (Wildman–Crippen MR) is 374 cm³/mol. The number of esters is 2. The van der Waals surface area contributed by atoms with E-state index in [0.717, 1.165) is 88.9 Å². The van der Waals surface area contributed by atoms with E-state index in [0.29, 0.717) is 36.6 Å². The van der Waals surface area contributed by atoms with Crippen LogP contribution in [0.25, 0.3) is 6.08 Å². The number of aliphatic hydroxyl groups excluding tert-OH is 1. The van der Waals surface area contributed by atoms with Crippen LogP contribution in [0.5, 0.6) is 0 Å². The first kappa shape index (κ1) is 116. The Morgan fingerprint density at radius 1 is 0.642 bits per heavy atom. The van der Waals surface area contributed by atoms with Gasteiger partial charge in [0.05, 0.1) is 66.8 Å². The third-order valence-corrected chi connectivity index (χ3v) is 9.62. The first-order valence-electron chi connectivity index (χ1n) is 31.0. The molecule has 6 N–H and O–H groups in total. The fourth-order valence-corrected chi connectivity index (χ4v) is 5.76. The van der Waals surface area contributed by atoms with Gasteiger partial charge in [-0.25, -0.2) is 4.79 Å². The van der Waals surface area contributed by atoms with Crippen molar-refractivity contribution in [1.82, 2.24) is 29.5 Å². The molecule has 0 unspecified atom stereocenters. The molecular formula is C67H114Cl3F2K2N6NaO14. The summed E-state index contributed by atoms with van der Waals surface area (Å²) in [6.45, 7) is 30.4. The summed E-state index contributed by atoms with van der Waals surface area (Å²) in [7, 11) is 1.75. The van der Waals surface area contributed by atoms with E-state index < -0.39 is 14.3 Å². The van der Waals surface area contributed by atoms with Crippen LogP contribution in [-0.2, 0) is 73.6 Å². The number of hydrogen-bond acceptors (Lipinski definition) is 14. The number of H-pyrrole nitrogens is 5. The van der Waals surface area contributed by atoms with Crippen molar-refractivity contribution >= 4 is 83.4 Å². The van der Waals surface area contributed by atoms with Crippen molar-refractivity contribution in [3.63, 3.8) is 0 Å². The van der Waals surface area contributed by atoms with Crippen molar-refractivity contribution in [3.05, 3.63) is 163 Å². The molecule has 3 aliphatic heterocycles. The molecule has 2 saturated heterocycles. The van der Waals surface area contributed by atoms with Crippen molar-refractivity contribution in [1.29, 1.82) is 0 Å². The Morgan fingerprint density at radius 2 is 1.00 bits per heavy atom. The van der Waals surface area contributed by atoms with Gasteiger partial charge in [0.1, 0.15) is 5.78 Å². The molecule has 2 fully saturated rings. The Bertz CT molecular complexity index is 2260. The van der Waals surface area contributed by atoms with E-state index in [9.17, 15) is 37.5 Å². The summed E-state index contributed by atoms with van der Waals surface area (Å²) in [4.78, 5) is 88.2. The van der Waals surface area contributed by atoms with Gasteiger partial charge in [-0.05, 0) is 124 Å². The van der Waals surface area contributed by atoms with Gasteiger partial charge in [-0.3, -0.25) is 37.5 Å². The SMILES string of the molecule is C1CCOC1.C1CCOC1.C=C.CC.CC.CC.CC.CC.CO.COC(=O)/C=C/c1ccc[nH]1.COC(=O)CCc1ccc[nH]1.ClCCl.O=C(CCl)CCc1ccc[nH]1.O=C1CCc2cccn2C1.O=CO[O-].O=Cc1ccc[nH]1.O=Cc1ccc[nH]1.[2H]CF.[2H]CF.[H-].[H-].[K+].[K+].[Na+]. The number of aldehydes is 2. The maximum absolute atomic E-state index is 10.9. The van der Waals surface area contributed by atoms with Crippen molar-refractivity contribution in [3.8, 4) is 0 Å². The third-order valence-electron chi connectivity index (χ3n) is 9.32. The van der Waals surface area contributed by atoms with E-state index >= 15 is 0 Å². The second-order valence-electron chi connectivity index (χ2n) is 14.7. The number of nitrogens with one attached hydrogen (secondary N) is 5. The largest absolute Gasteiger partial charge is 1.00 e. The number of aromatic amines is 5. The van der Waals surface area contributed by atoms with Crippen LogP contribution in [0.3, 0.4) is 0 Å². The monoisotopic (exact) mass is 1470 g/mol. The minimum absolute atomic E-state index is 0. The zero-order valence-corrected chi connectivity index (χ0v) is 70.2. The molecule has 0 aromatic carbocycles. The number of aryl methyl sites for hydroxylation is 3. The van der Waals surface area contributed by atoms with Crippen LogP contribution in [0.2, 0.25) is 0 Å². The Labute approximate surface area is 695 Å². The number of carbonyl (C=O) groups is 7. The first-order chi connectivity index (χ1) is 45.9. The average Bonchev–Trinajstić information content (AvgIpc) is 1.70. The Kier molecular flexibility index (Phi) is 141. The number of nitrogens with zero attached hydrogens (tertiary/aromatic N) is 1. The molecule has 0 spiro atoms. The maximum Gasteiger partial charge on any atom is 1.00 e. The molecule has 9 heterocycles. The smallest absolute Gasteiger partial charge is 1.00 e. The summed E-state index contributed by atoms with van der Waals surface area (Å²) >= 11 is 14.9. The fourth-order valence-electron chi connectivity index (χ4n) is 5.62. The maximum atomic E-state index is 10.9. The minimum atomic E-state index is -1.00. The average molecular weight is 1480 g/mol. The summed E-state index contributed by atoms with van der Waals surface area (Å²) in [6, 6.07) is 22.5. The van der Waals surface area contributed by atoms with E-state index in [4.69, 9.17) is 62.2 Å². The Hall–Kier alpha value is -2.91. The standard InChI is InChI=1S/C8H10ClNO.C8H11NO2.C8H9NO2.C8H9NO.2C5H5NO.2C4H8O.5C2H6.C2H4.CH2Cl2.2CH3F.CH2O3.CH4O.2K.Na.2H/c9-6-8(11)4-3-7-2-1-5-10-7;2*1-11-8(10)5-4-7-3-2-6-9-7;10-8-4-3-7-2-1-5-9(7)6-8;2*7-4-5-2-1-3-6-5;2*1-2-4-5-3-1;6*1-2;2-1-3;2*1-2;2-1-4-3;1-2;;;;;/h1-2,5,10H,3-4,6H2;2-3,6,9H,4-5H2,1H3;2-6,9H,1H3;1-2,5H,3-4,6H2;2*1-4,6H;2*1-4H2;5*1-2H3;1-2H2;1H2;2*1H3;1,3H;2H,1H3;;;;;/q;;;;;;;;;;;;;;;;;;;3*+1;2*-1/p-1/b;;5-4+;;;;;;;;;;;;;;;;;;;;;/i;;;;;;;;;;;;;;;2*1D;;;;;;;. The van der Waals surface area contributed by atoms with E-state index in [1.54, 1.807) is 48.9 Å². The number of alkyl halides is 5. The van der Waals surface area contributed by atoms with Crippen LogP contribution in [0.15, 0.2) is 129 Å². The number of halogens is 5. The Balaban J connectivity index is -0.0000000597. The molecule has 534 valence electrons. The van der Waals surface area contributed by atoms with Crippen molar-refractivity contribution in [2.24, 2.45) is 0 Å². The van der Waals surface area contributed by atoms with Gasteiger partial charge in [0.25, 0.3) is 6.47 Å². The molecule has 6 aromatic rings. The number of Topliss-reactive ketones (excluding diaryl/α,β-unsaturated/α-hetero) is 2. The number of aromatic nitrogens is 6. The van der Waals surface area contributed by atoms with Crippen LogP contribution in [0, 0.1) is 0 Å². The van der Waals surface area contributed by atoms with Gasteiger partial charge >= 0.3 is 144 Å². The molecule has 6 aromatic heterocycles. The fraction of sp³-hybridized carbons (Fsp3) is 0.478. The van der Waals surface area contributed by atoms with Crippen LogP contribution in [0.4, 0.5) is 8.78 Å². The zero-order valence-electron chi connectivity index (χ0n) is 63.7. The second-order valence-corrected chi connectivity index (χ2v) is 15.8. The summed E-state index contributed by atoms with van der Waals surface area (Å²) in [5.74, 6) is 0.0601. The van der Waals surface area contributed by atoms with Crippen molar-refractivity contribution in [2.45, 2.75) is 140 Å². The number of hydrogen-bond donors (Lipinski definition) is 6. The van der Waals surface area contributed by atoms with E-state index in [2.05, 4.69) is 58.5 Å². The molecule has 3 aliphatic rings. The number of fused-ring (bicyclic) bond motifs is 1. The first-order valence-corrected chi connectivity index (χ1v) is 31.2. The van der Waals surface area contributed by atoms with Gasteiger partial charge in [0.15, 0.2) is 18.4 Å². The summed E-state index contributed by atoms with van der Waals surface area (Å²) in [6.07, 6.45) is 24.7. The van der Waals surface area contributed by atoms with Crippen LogP contribution < -0.4 is 138 Å². The van der Waals surface area contributed by atoms with Gasteiger partial charge in [-0.1, -0.05) is 69.2 Å². The predicted octanol–water partition coefficient (Wildman–Crippen LogP) is 6.13. The molecule has 0 radical (unpaired) electrons. The topological polar surface area (TPSA) is 293 Å². The Morgan fingerprint density at radius 3 is 1.27 bits per heavy atom. The van der Waals surface area contributed by atoms with E-state index in [1.807, 2.05) is 135 Å². The van der Waals surface area contributed by atoms with Gasteiger partial charge in [0, 0.05) is 112 Å². The summed E-state index contributed by atoms with van der Waals surface area (Å²) < 4.78 is 51.8. The van der Waals surface area contributed by atoms with Gasteiger partial charge < -0.3 is 66.5 Å². The molecule has 0 amide bonds. The molecular weight excluding hydrogens is 1360 g/mol. The zero-order chi connectivity index (χ0) is 74.1. The quantitative estimate of drug-likeness (QED) is 0.0117. The van der Waals surface area contributed by atoms with E-state index in [1.165, 1.54) is 51.7 Å². The molecule has 0 atom stereocenters. The van der Waals surface area contributed by atoms with Gasteiger partial charge in [-0.15, -0.1) is 48.0 Å². The van der Waals surface area contributed by atoms with Gasteiger partial charge in [0.2, 0.25) is 0 Å². The number of ether oxygens (including phenoxy) is 4. The molecule has 95 heavy (non-hydrogen) atoms. The number of rotatable bonds is 12. The number of carbonyl (C=O) groups excluding carboxylic acids is 7. The molecule has 0 saturated carbocycles. The molecule has 28 heteroatoms. The minimum Gasteiger partial charge on any atom is -1.00 e. The second kappa shape index (κ2) is 115. The van der Waals surface area contributed by atoms with Crippen molar-refractivity contribution < 1.29 is 214 Å². The van der Waals surface area contributed by atoms with Crippen molar-refractivity contribution in [2.75, 3.05) is 73.3 Å². The molecule has 20 nitrogen and oxygen atoms in total. The van der Waals surface area contributed by atoms with Gasteiger partial charge in [-0.2, -0.15) is 0 Å². The summed E-state index contributed by atoms with van der Waals surface area (Å²) in [5, 5.41) is 15.6. The van der Waals surface area contributed by atoms with Crippen LogP contribution in [0.1, 0.15) is 164 Å². The van der Waals surface area contributed by atoms with Crippen LogP contribution >= 0.6 is 34.8 Å². The molecule has 0 aliphatic carbocycles. The van der Waals surface area contributed by atoms with E-state index in [-0.39, 0.29) is 171 Å².